The minimum atomic E-state index is 0.313. The molecular formula is C11H14N2O. The molecule has 14 heavy (non-hydrogen) atoms. The molecule has 1 atom stereocenters. The Morgan fingerprint density at radius 3 is 2.86 bits per heavy atom. The number of rotatable bonds is 3. The summed E-state index contributed by atoms with van der Waals surface area (Å²) in [6, 6.07) is 10.6. The zero-order chi connectivity index (χ0) is 9.80. The molecule has 0 bridgehead atoms. The van der Waals surface area contributed by atoms with E-state index in [0.717, 1.165) is 25.9 Å². The van der Waals surface area contributed by atoms with Crippen molar-refractivity contribution in [3.05, 3.63) is 30.3 Å². The third kappa shape index (κ3) is 1.87. The Morgan fingerprint density at radius 1 is 1.36 bits per heavy atom. The number of nitrogens with zero attached hydrogens (tertiary/aromatic N) is 1. The maximum absolute atomic E-state index is 10.3. The molecule has 0 saturated carbocycles. The lowest BCUT2D eigenvalue weighted by Gasteiger charge is -2.18. The molecule has 2 rings (SSSR count). The highest BCUT2D eigenvalue weighted by Crippen LogP contribution is 2.19. The van der Waals surface area contributed by atoms with Gasteiger partial charge in [-0.25, -0.2) is 0 Å². The summed E-state index contributed by atoms with van der Waals surface area (Å²) in [5.41, 5.74) is 1.24. The second kappa shape index (κ2) is 4.13. The van der Waals surface area contributed by atoms with Crippen molar-refractivity contribution in [2.45, 2.75) is 12.5 Å². The first-order valence-corrected chi connectivity index (χ1v) is 4.90. The van der Waals surface area contributed by atoms with Crippen LogP contribution in [0.1, 0.15) is 6.42 Å². The van der Waals surface area contributed by atoms with E-state index >= 15 is 0 Å². The van der Waals surface area contributed by atoms with Crippen LogP contribution in [0.4, 0.5) is 5.69 Å². The molecule has 0 aromatic heterocycles. The Morgan fingerprint density at radius 2 is 2.14 bits per heavy atom. The fraction of sp³-hybridized carbons (Fsp3) is 0.364. The van der Waals surface area contributed by atoms with Gasteiger partial charge in [0.15, 0.2) is 0 Å². The average Bonchev–Trinajstić information content (AvgIpc) is 2.68. The predicted octanol–water partition coefficient (Wildman–Crippen LogP) is 1.01. The van der Waals surface area contributed by atoms with E-state index in [1.807, 2.05) is 18.2 Å². The summed E-state index contributed by atoms with van der Waals surface area (Å²) in [7, 11) is 0. The van der Waals surface area contributed by atoms with E-state index in [4.69, 9.17) is 0 Å². The fourth-order valence-corrected chi connectivity index (χ4v) is 1.87. The molecule has 3 heteroatoms. The van der Waals surface area contributed by atoms with Crippen molar-refractivity contribution in [3.63, 3.8) is 0 Å². The quantitative estimate of drug-likeness (QED) is 0.721. The van der Waals surface area contributed by atoms with Crippen LogP contribution >= 0.6 is 0 Å². The molecule has 0 radical (unpaired) electrons. The van der Waals surface area contributed by atoms with Gasteiger partial charge in [0.1, 0.15) is 0 Å². The number of hydrogen-bond donors (Lipinski definition) is 1. The van der Waals surface area contributed by atoms with Crippen LogP contribution in [-0.4, -0.2) is 25.5 Å². The highest BCUT2D eigenvalue weighted by Gasteiger charge is 2.21. The molecule has 0 aliphatic carbocycles. The second-order valence-electron chi connectivity index (χ2n) is 3.55. The monoisotopic (exact) mass is 190 g/mol. The van der Waals surface area contributed by atoms with Gasteiger partial charge in [0, 0.05) is 24.8 Å². The Bertz CT molecular complexity index is 299. The summed E-state index contributed by atoms with van der Waals surface area (Å²) in [6.45, 7) is 1.94. The molecule has 1 heterocycles. The molecule has 1 amide bonds. The Hall–Kier alpha value is -1.51. The van der Waals surface area contributed by atoms with E-state index in [0.29, 0.717) is 6.04 Å². The molecule has 1 aromatic carbocycles. The standard InChI is InChI=1S/C11H14N2O/c14-9-12-10-6-7-13(8-10)11-4-2-1-3-5-11/h1-5,9-10H,6-8H2,(H,12,14). The number of carbonyl (C=O) groups excluding carboxylic acids is 1. The molecule has 1 saturated heterocycles. The van der Waals surface area contributed by atoms with Crippen molar-refractivity contribution in [2.24, 2.45) is 0 Å². The summed E-state index contributed by atoms with van der Waals surface area (Å²) in [6.07, 6.45) is 1.83. The van der Waals surface area contributed by atoms with E-state index in [1.165, 1.54) is 5.69 Å². The molecule has 3 nitrogen and oxygen atoms in total. The van der Waals surface area contributed by atoms with Crippen LogP contribution in [0.15, 0.2) is 30.3 Å². The Balaban J connectivity index is 1.99. The lowest BCUT2D eigenvalue weighted by atomic mass is 10.3. The molecule has 1 N–H and O–H groups in total. The van der Waals surface area contributed by atoms with Crippen molar-refractivity contribution >= 4 is 12.1 Å². The van der Waals surface area contributed by atoms with Crippen LogP contribution < -0.4 is 10.2 Å². The molecule has 0 spiro atoms. The number of carbonyl (C=O) groups is 1. The third-order valence-corrected chi connectivity index (χ3v) is 2.61. The minimum Gasteiger partial charge on any atom is -0.369 e. The molecule has 1 unspecified atom stereocenters. The van der Waals surface area contributed by atoms with Crippen molar-refractivity contribution in [3.8, 4) is 0 Å². The van der Waals surface area contributed by atoms with Gasteiger partial charge in [-0.3, -0.25) is 4.79 Å². The van der Waals surface area contributed by atoms with E-state index in [1.54, 1.807) is 0 Å². The molecule has 1 aromatic rings. The average molecular weight is 190 g/mol. The molecule has 1 aliphatic rings. The van der Waals surface area contributed by atoms with Crippen molar-refractivity contribution < 1.29 is 4.79 Å². The lowest BCUT2D eigenvalue weighted by Crippen LogP contribution is -2.31. The van der Waals surface area contributed by atoms with Gasteiger partial charge >= 0.3 is 0 Å². The first-order valence-electron chi connectivity index (χ1n) is 4.90. The number of anilines is 1. The topological polar surface area (TPSA) is 32.3 Å². The van der Waals surface area contributed by atoms with Gasteiger partial charge in [-0.2, -0.15) is 0 Å². The molecular weight excluding hydrogens is 176 g/mol. The van der Waals surface area contributed by atoms with Crippen molar-refractivity contribution in [1.29, 1.82) is 0 Å². The van der Waals surface area contributed by atoms with Gasteiger partial charge in [0.2, 0.25) is 6.41 Å². The van der Waals surface area contributed by atoms with Crippen LogP contribution in [0.25, 0.3) is 0 Å². The van der Waals surface area contributed by atoms with Crippen molar-refractivity contribution in [1.82, 2.24) is 5.32 Å². The number of benzene rings is 1. The van der Waals surface area contributed by atoms with Crippen LogP contribution in [0.2, 0.25) is 0 Å². The first kappa shape index (κ1) is 9.06. The number of hydrogen-bond acceptors (Lipinski definition) is 2. The maximum atomic E-state index is 10.3. The van der Waals surface area contributed by atoms with Gasteiger partial charge in [-0.15, -0.1) is 0 Å². The summed E-state index contributed by atoms with van der Waals surface area (Å²) in [5.74, 6) is 0. The summed E-state index contributed by atoms with van der Waals surface area (Å²) in [4.78, 5) is 12.6. The van der Waals surface area contributed by atoms with E-state index < -0.39 is 0 Å². The van der Waals surface area contributed by atoms with Crippen LogP contribution in [0.5, 0.6) is 0 Å². The Kier molecular flexibility index (Phi) is 2.68. The van der Waals surface area contributed by atoms with Crippen LogP contribution in [0.3, 0.4) is 0 Å². The van der Waals surface area contributed by atoms with E-state index in [2.05, 4.69) is 22.3 Å². The van der Waals surface area contributed by atoms with Crippen LogP contribution in [0, 0.1) is 0 Å². The number of amides is 1. The summed E-state index contributed by atoms with van der Waals surface area (Å²) < 4.78 is 0. The zero-order valence-corrected chi connectivity index (χ0v) is 8.02. The molecule has 1 aliphatic heterocycles. The first-order chi connectivity index (χ1) is 6.90. The van der Waals surface area contributed by atoms with Gasteiger partial charge in [0.05, 0.1) is 0 Å². The Labute approximate surface area is 83.7 Å². The van der Waals surface area contributed by atoms with Gasteiger partial charge in [-0.1, -0.05) is 18.2 Å². The van der Waals surface area contributed by atoms with Crippen LogP contribution in [-0.2, 0) is 4.79 Å². The van der Waals surface area contributed by atoms with E-state index in [9.17, 15) is 4.79 Å². The third-order valence-electron chi connectivity index (χ3n) is 2.61. The largest absolute Gasteiger partial charge is 0.369 e. The van der Waals surface area contributed by atoms with Gasteiger partial charge < -0.3 is 10.2 Å². The maximum Gasteiger partial charge on any atom is 0.207 e. The number of nitrogens with one attached hydrogen (secondary N) is 1. The molecule has 74 valence electrons. The lowest BCUT2D eigenvalue weighted by molar-refractivity contribution is -0.110. The zero-order valence-electron chi connectivity index (χ0n) is 8.02. The highest BCUT2D eigenvalue weighted by molar-refractivity contribution is 5.50. The predicted molar refractivity (Wildman–Crippen MR) is 56.3 cm³/mol. The summed E-state index contributed by atoms with van der Waals surface area (Å²) in [5, 5.41) is 2.82. The SMILES string of the molecule is O=CNC1CCN(c2ccccc2)C1. The second-order valence-corrected chi connectivity index (χ2v) is 3.55. The molecule has 1 fully saturated rings. The normalized spacial score (nSPS) is 20.9. The highest BCUT2D eigenvalue weighted by atomic mass is 16.1. The minimum absolute atomic E-state index is 0.313. The number of para-hydroxylation sites is 1. The van der Waals surface area contributed by atoms with Gasteiger partial charge in [-0.05, 0) is 18.6 Å². The van der Waals surface area contributed by atoms with Crippen molar-refractivity contribution in [2.75, 3.05) is 18.0 Å². The fourth-order valence-electron chi connectivity index (χ4n) is 1.87. The van der Waals surface area contributed by atoms with Gasteiger partial charge in [0.25, 0.3) is 0 Å². The smallest absolute Gasteiger partial charge is 0.207 e. The van der Waals surface area contributed by atoms with E-state index in [-0.39, 0.29) is 0 Å². The summed E-state index contributed by atoms with van der Waals surface area (Å²) >= 11 is 0.